The summed E-state index contributed by atoms with van der Waals surface area (Å²) < 4.78 is 5.31. The molecule has 0 radical (unpaired) electrons. The predicted octanol–water partition coefficient (Wildman–Crippen LogP) is 1.96. The van der Waals surface area contributed by atoms with Crippen LogP contribution in [-0.4, -0.2) is 51.0 Å². The Balaban J connectivity index is 1.98. The maximum absolute atomic E-state index is 11.9. The van der Waals surface area contributed by atoms with Crippen LogP contribution in [-0.2, 0) is 4.74 Å². The lowest BCUT2D eigenvalue weighted by atomic mass is 10.1. The number of amides is 1. The Labute approximate surface area is 120 Å². The topological polar surface area (TPSA) is 92.6 Å². The van der Waals surface area contributed by atoms with E-state index in [2.05, 4.69) is 10.2 Å². The summed E-state index contributed by atoms with van der Waals surface area (Å²) in [6.45, 7) is 6.54. The van der Waals surface area contributed by atoms with E-state index in [1.165, 1.54) is 0 Å². The predicted molar refractivity (Wildman–Crippen MR) is 72.0 cm³/mol. The molecule has 1 N–H and O–H groups in total. The molecule has 7 nitrogen and oxygen atoms in total. The molecule has 20 heavy (non-hydrogen) atoms. The van der Waals surface area contributed by atoms with E-state index in [4.69, 9.17) is 9.84 Å². The van der Waals surface area contributed by atoms with Gasteiger partial charge in [0, 0.05) is 19.0 Å². The van der Waals surface area contributed by atoms with Crippen molar-refractivity contribution in [3.05, 3.63) is 10.0 Å². The van der Waals surface area contributed by atoms with Gasteiger partial charge in [-0.15, -0.1) is 10.2 Å². The van der Waals surface area contributed by atoms with Gasteiger partial charge in [-0.3, -0.25) is 0 Å². The average Bonchev–Trinajstić information content (AvgIpc) is 2.95. The van der Waals surface area contributed by atoms with Crippen molar-refractivity contribution >= 4 is 23.4 Å². The molecule has 1 saturated heterocycles. The highest BCUT2D eigenvalue weighted by molar-refractivity contribution is 7.13. The van der Waals surface area contributed by atoms with E-state index in [9.17, 15) is 9.59 Å². The minimum Gasteiger partial charge on any atom is -0.476 e. The van der Waals surface area contributed by atoms with Crippen molar-refractivity contribution in [2.24, 2.45) is 0 Å². The maximum Gasteiger partial charge on any atom is 0.410 e. The van der Waals surface area contributed by atoms with Crippen LogP contribution in [0.1, 0.15) is 47.9 Å². The third-order valence-corrected chi connectivity index (χ3v) is 3.89. The van der Waals surface area contributed by atoms with Crippen LogP contribution < -0.4 is 0 Å². The Bertz CT molecular complexity index is 523. The van der Waals surface area contributed by atoms with Gasteiger partial charge in [0.1, 0.15) is 10.6 Å². The number of nitrogens with zero attached hydrogens (tertiary/aromatic N) is 3. The van der Waals surface area contributed by atoms with Crippen LogP contribution in [0.25, 0.3) is 0 Å². The summed E-state index contributed by atoms with van der Waals surface area (Å²) in [5.74, 6) is -1.04. The summed E-state index contributed by atoms with van der Waals surface area (Å²) in [6.07, 6.45) is 0.399. The Morgan fingerprint density at radius 2 is 2.10 bits per heavy atom. The van der Waals surface area contributed by atoms with Crippen LogP contribution in [0, 0.1) is 0 Å². The molecule has 8 heteroatoms. The van der Waals surface area contributed by atoms with Crippen LogP contribution in [0.3, 0.4) is 0 Å². The number of hydrogen-bond donors (Lipinski definition) is 1. The molecule has 2 rings (SSSR count). The van der Waals surface area contributed by atoms with Gasteiger partial charge in [0.05, 0.1) is 0 Å². The number of ether oxygens (including phenoxy) is 1. The number of carbonyl (C=O) groups is 2. The number of carbonyl (C=O) groups excluding carboxylic acids is 1. The third kappa shape index (κ3) is 3.44. The zero-order chi connectivity index (χ0) is 14.9. The number of carboxylic acid groups (broad SMARTS) is 1. The Kier molecular flexibility index (Phi) is 3.94. The van der Waals surface area contributed by atoms with Crippen molar-refractivity contribution in [3.8, 4) is 0 Å². The van der Waals surface area contributed by atoms with Gasteiger partial charge in [-0.2, -0.15) is 0 Å². The lowest BCUT2D eigenvalue weighted by Crippen LogP contribution is -2.35. The fraction of sp³-hybridized carbons (Fsp3) is 0.667. The van der Waals surface area contributed by atoms with E-state index < -0.39 is 11.6 Å². The molecular weight excluding hydrogens is 282 g/mol. The minimum atomic E-state index is -1.07. The molecule has 1 aliphatic heterocycles. The first kappa shape index (κ1) is 14.7. The molecule has 0 aliphatic carbocycles. The average molecular weight is 299 g/mol. The highest BCUT2D eigenvalue weighted by atomic mass is 32.1. The molecule has 1 amide bonds. The second-order valence-corrected chi connectivity index (χ2v) is 6.67. The highest BCUT2D eigenvalue weighted by Gasteiger charge is 2.32. The molecule has 1 aliphatic rings. The van der Waals surface area contributed by atoms with Crippen molar-refractivity contribution in [2.75, 3.05) is 13.1 Å². The lowest BCUT2D eigenvalue weighted by molar-refractivity contribution is 0.0292. The van der Waals surface area contributed by atoms with Gasteiger partial charge in [-0.05, 0) is 27.2 Å². The Hall–Kier alpha value is -1.70. The summed E-state index contributed by atoms with van der Waals surface area (Å²) >= 11 is 1.06. The van der Waals surface area contributed by atoms with Gasteiger partial charge in [-0.1, -0.05) is 11.3 Å². The fourth-order valence-corrected chi connectivity index (χ4v) is 2.75. The third-order valence-electron chi connectivity index (χ3n) is 2.81. The molecule has 0 saturated carbocycles. The SMILES string of the molecule is CC(C)(C)OC(=O)N1CCC(c2nnc(C(=O)O)s2)C1. The van der Waals surface area contributed by atoms with Gasteiger partial charge in [0.15, 0.2) is 0 Å². The van der Waals surface area contributed by atoms with Gasteiger partial charge in [-0.25, -0.2) is 9.59 Å². The zero-order valence-electron chi connectivity index (χ0n) is 11.6. The Morgan fingerprint density at radius 3 is 2.65 bits per heavy atom. The highest BCUT2D eigenvalue weighted by Crippen LogP contribution is 2.30. The van der Waals surface area contributed by atoms with Gasteiger partial charge >= 0.3 is 12.1 Å². The molecule has 1 fully saturated rings. The van der Waals surface area contributed by atoms with Crippen LogP contribution >= 0.6 is 11.3 Å². The largest absolute Gasteiger partial charge is 0.476 e. The first-order valence-corrected chi connectivity index (χ1v) is 7.12. The molecule has 0 bridgehead atoms. The van der Waals surface area contributed by atoms with E-state index in [0.29, 0.717) is 18.1 Å². The van der Waals surface area contributed by atoms with E-state index in [1.807, 2.05) is 20.8 Å². The van der Waals surface area contributed by atoms with Crippen LogP contribution in [0.4, 0.5) is 4.79 Å². The fourth-order valence-electron chi connectivity index (χ4n) is 1.94. The number of carboxylic acids is 1. The monoisotopic (exact) mass is 299 g/mol. The van der Waals surface area contributed by atoms with Crippen molar-refractivity contribution in [1.29, 1.82) is 0 Å². The second-order valence-electron chi connectivity index (χ2n) is 5.66. The number of aromatic carboxylic acids is 1. The standard InChI is InChI=1S/C12H17N3O4S/c1-12(2,3)19-11(18)15-5-4-7(6-15)8-13-14-9(20-8)10(16)17/h7H,4-6H2,1-3H3,(H,16,17). The molecule has 1 atom stereocenters. The molecule has 2 heterocycles. The molecule has 1 aromatic heterocycles. The Morgan fingerprint density at radius 1 is 1.40 bits per heavy atom. The number of hydrogen-bond acceptors (Lipinski definition) is 6. The smallest absolute Gasteiger partial charge is 0.410 e. The molecule has 1 aromatic rings. The summed E-state index contributed by atoms with van der Waals surface area (Å²) in [5.41, 5.74) is -0.519. The van der Waals surface area contributed by atoms with Crippen LogP contribution in [0.5, 0.6) is 0 Å². The molecule has 110 valence electrons. The normalized spacial score (nSPS) is 19.1. The summed E-state index contributed by atoms with van der Waals surface area (Å²) in [7, 11) is 0. The number of aromatic nitrogens is 2. The van der Waals surface area contributed by atoms with E-state index >= 15 is 0 Å². The van der Waals surface area contributed by atoms with E-state index in [1.54, 1.807) is 4.90 Å². The summed E-state index contributed by atoms with van der Waals surface area (Å²) in [4.78, 5) is 24.3. The van der Waals surface area contributed by atoms with Crippen molar-refractivity contribution in [1.82, 2.24) is 15.1 Å². The maximum atomic E-state index is 11.9. The van der Waals surface area contributed by atoms with Crippen molar-refractivity contribution in [2.45, 2.75) is 38.7 Å². The number of likely N-dealkylation sites (tertiary alicyclic amines) is 1. The quantitative estimate of drug-likeness (QED) is 0.897. The molecule has 0 aromatic carbocycles. The summed E-state index contributed by atoms with van der Waals surface area (Å²) in [5, 5.41) is 17.0. The molecule has 0 spiro atoms. The van der Waals surface area contributed by atoms with Crippen LogP contribution in [0.2, 0.25) is 0 Å². The minimum absolute atomic E-state index is 0.0179. The molecular formula is C12H17N3O4S. The van der Waals surface area contributed by atoms with Crippen molar-refractivity contribution < 1.29 is 19.4 Å². The van der Waals surface area contributed by atoms with Gasteiger partial charge in [0.2, 0.25) is 5.01 Å². The summed E-state index contributed by atoms with van der Waals surface area (Å²) in [6, 6.07) is 0. The van der Waals surface area contributed by atoms with Gasteiger partial charge in [0.25, 0.3) is 0 Å². The van der Waals surface area contributed by atoms with Gasteiger partial charge < -0.3 is 14.7 Å². The van der Waals surface area contributed by atoms with E-state index in [-0.39, 0.29) is 17.0 Å². The first-order chi connectivity index (χ1) is 9.26. The number of rotatable bonds is 2. The van der Waals surface area contributed by atoms with E-state index in [0.717, 1.165) is 17.8 Å². The van der Waals surface area contributed by atoms with Crippen LogP contribution in [0.15, 0.2) is 0 Å². The zero-order valence-corrected chi connectivity index (χ0v) is 12.4. The van der Waals surface area contributed by atoms with Crippen molar-refractivity contribution in [3.63, 3.8) is 0 Å². The second kappa shape index (κ2) is 5.35. The first-order valence-electron chi connectivity index (χ1n) is 6.31. The molecule has 1 unspecified atom stereocenters. The lowest BCUT2D eigenvalue weighted by Gasteiger charge is -2.24.